The van der Waals surface area contributed by atoms with E-state index in [0.717, 1.165) is 17.2 Å². The summed E-state index contributed by atoms with van der Waals surface area (Å²) in [5, 5.41) is 5.56. The molecule has 0 aliphatic rings. The van der Waals surface area contributed by atoms with Gasteiger partial charge < -0.3 is 15.5 Å². The number of anilines is 2. The van der Waals surface area contributed by atoms with Crippen LogP contribution in [0.4, 0.5) is 20.6 Å². The van der Waals surface area contributed by atoms with Crippen LogP contribution < -0.4 is 10.6 Å². The summed E-state index contributed by atoms with van der Waals surface area (Å²) in [5.41, 5.74) is 1.13. The molecule has 0 unspecified atom stereocenters. The normalized spacial score (nSPS) is 11.0. The third-order valence-corrected chi connectivity index (χ3v) is 6.07. The molecule has 3 aromatic carbocycles. The largest absolute Gasteiger partial charge is 0.322 e. The van der Waals surface area contributed by atoms with Crippen molar-refractivity contribution in [3.8, 4) is 11.1 Å². The van der Waals surface area contributed by atoms with Crippen LogP contribution in [0.2, 0.25) is 5.02 Å². The molecule has 0 saturated heterocycles. The van der Waals surface area contributed by atoms with Gasteiger partial charge in [0.25, 0.3) is 0 Å². The highest BCUT2D eigenvalue weighted by molar-refractivity contribution is 7.90. The van der Waals surface area contributed by atoms with E-state index in [4.69, 9.17) is 11.6 Å². The topological polar surface area (TPSA) is 95.6 Å². The smallest absolute Gasteiger partial charge is 0.322 e. The van der Waals surface area contributed by atoms with Gasteiger partial charge in [-0.3, -0.25) is 4.79 Å². The predicted octanol–water partition coefficient (Wildman–Crippen LogP) is 4.65. The molecule has 0 saturated carbocycles. The third kappa shape index (κ3) is 6.30. The monoisotopic (exact) mass is 489 g/mol. The molecule has 10 heteroatoms. The molecule has 0 heterocycles. The number of nitrogens with one attached hydrogen (secondary N) is 2. The Kier molecular flexibility index (Phi) is 7.35. The molecule has 0 aliphatic heterocycles. The van der Waals surface area contributed by atoms with E-state index in [1.807, 2.05) is 0 Å². The van der Waals surface area contributed by atoms with Crippen molar-refractivity contribution in [1.29, 1.82) is 0 Å². The molecule has 0 aliphatic carbocycles. The lowest BCUT2D eigenvalue weighted by Gasteiger charge is -2.18. The van der Waals surface area contributed by atoms with Gasteiger partial charge >= 0.3 is 6.03 Å². The number of hydrogen-bond donors (Lipinski definition) is 2. The number of hydrogen-bond acceptors (Lipinski definition) is 4. The van der Waals surface area contributed by atoms with Gasteiger partial charge in [-0.25, -0.2) is 17.6 Å². The summed E-state index contributed by atoms with van der Waals surface area (Å²) >= 11 is 5.81. The van der Waals surface area contributed by atoms with Crippen molar-refractivity contribution in [3.05, 3.63) is 77.6 Å². The van der Waals surface area contributed by atoms with Crippen LogP contribution >= 0.6 is 11.6 Å². The van der Waals surface area contributed by atoms with E-state index >= 15 is 0 Å². The van der Waals surface area contributed by atoms with Gasteiger partial charge in [-0.1, -0.05) is 35.9 Å². The Labute approximate surface area is 196 Å². The second kappa shape index (κ2) is 10.0. The zero-order valence-electron chi connectivity index (χ0n) is 17.8. The number of rotatable bonds is 6. The maximum atomic E-state index is 14.7. The van der Waals surface area contributed by atoms with Gasteiger partial charge in [0.05, 0.1) is 10.6 Å². The van der Waals surface area contributed by atoms with Crippen LogP contribution in [0.25, 0.3) is 11.1 Å². The molecule has 0 atom stereocenters. The standard InChI is InChI=1S/C23H21ClFN3O4S/c1-28(23(30)26-17-10-8-16(24)9-11-17)14-22(29)27-20-12-7-15(13-19(20)25)18-5-3-4-6-21(18)33(2,31)32/h3-13H,14H2,1-2H3,(H,26,30)(H,27,29). The fourth-order valence-electron chi connectivity index (χ4n) is 3.04. The van der Waals surface area contributed by atoms with Gasteiger partial charge in [0.15, 0.2) is 9.84 Å². The molecular formula is C23H21ClFN3O4S. The van der Waals surface area contributed by atoms with Crippen molar-refractivity contribution in [2.45, 2.75) is 4.90 Å². The van der Waals surface area contributed by atoms with E-state index < -0.39 is 27.6 Å². The molecule has 33 heavy (non-hydrogen) atoms. The summed E-state index contributed by atoms with van der Waals surface area (Å²) in [5.74, 6) is -1.34. The lowest BCUT2D eigenvalue weighted by Crippen LogP contribution is -2.37. The lowest BCUT2D eigenvalue weighted by atomic mass is 10.0. The molecule has 0 fully saturated rings. The summed E-state index contributed by atoms with van der Waals surface area (Å²) in [7, 11) is -2.09. The second-order valence-electron chi connectivity index (χ2n) is 7.30. The van der Waals surface area contributed by atoms with Crippen LogP contribution in [-0.2, 0) is 14.6 Å². The van der Waals surface area contributed by atoms with E-state index in [9.17, 15) is 22.4 Å². The van der Waals surface area contributed by atoms with Crippen molar-refractivity contribution in [2.24, 2.45) is 0 Å². The third-order valence-electron chi connectivity index (χ3n) is 4.66. The van der Waals surface area contributed by atoms with E-state index in [2.05, 4.69) is 10.6 Å². The van der Waals surface area contributed by atoms with Crippen molar-refractivity contribution in [1.82, 2.24) is 4.90 Å². The van der Waals surface area contributed by atoms with Crippen molar-refractivity contribution in [2.75, 3.05) is 30.5 Å². The summed E-state index contributed by atoms with van der Waals surface area (Å²) in [4.78, 5) is 25.8. The first-order valence-corrected chi connectivity index (χ1v) is 12.0. The van der Waals surface area contributed by atoms with Crippen molar-refractivity contribution >= 4 is 44.8 Å². The molecule has 3 amide bonds. The number of sulfone groups is 1. The van der Waals surface area contributed by atoms with Crippen LogP contribution in [0.1, 0.15) is 0 Å². The number of likely N-dealkylation sites (N-methyl/N-ethyl adjacent to an activating group) is 1. The first-order valence-electron chi connectivity index (χ1n) is 9.71. The Morgan fingerprint density at radius 2 is 1.67 bits per heavy atom. The van der Waals surface area contributed by atoms with Crippen LogP contribution in [0, 0.1) is 5.82 Å². The molecule has 7 nitrogen and oxygen atoms in total. The van der Waals surface area contributed by atoms with Crippen LogP contribution in [0.5, 0.6) is 0 Å². The minimum atomic E-state index is -3.51. The van der Waals surface area contributed by atoms with Crippen molar-refractivity contribution < 1.29 is 22.4 Å². The lowest BCUT2D eigenvalue weighted by molar-refractivity contribution is -0.116. The Morgan fingerprint density at radius 3 is 2.30 bits per heavy atom. The molecule has 172 valence electrons. The first-order chi connectivity index (χ1) is 15.5. The minimum Gasteiger partial charge on any atom is -0.322 e. The molecule has 3 rings (SSSR count). The summed E-state index contributed by atoms with van der Waals surface area (Å²) in [6.45, 7) is -0.322. The van der Waals surface area contributed by atoms with Gasteiger partial charge in [-0.2, -0.15) is 0 Å². The number of carbonyl (C=O) groups excluding carboxylic acids is 2. The van der Waals surface area contributed by atoms with E-state index in [0.29, 0.717) is 21.8 Å². The molecule has 0 radical (unpaired) electrons. The highest BCUT2D eigenvalue weighted by atomic mass is 35.5. The van der Waals surface area contributed by atoms with Gasteiger partial charge in [-0.15, -0.1) is 0 Å². The predicted molar refractivity (Wildman–Crippen MR) is 127 cm³/mol. The zero-order chi connectivity index (χ0) is 24.2. The summed E-state index contributed by atoms with van der Waals surface area (Å²) in [6.07, 6.45) is 1.08. The molecule has 0 aromatic heterocycles. The Bertz CT molecular complexity index is 1300. The number of benzene rings is 3. The molecule has 3 aromatic rings. The Hall–Kier alpha value is -3.43. The fraction of sp³-hybridized carbons (Fsp3) is 0.130. The average Bonchev–Trinajstić information content (AvgIpc) is 2.76. The Morgan fingerprint density at radius 1 is 1.00 bits per heavy atom. The molecular weight excluding hydrogens is 469 g/mol. The Balaban J connectivity index is 1.67. The fourth-order valence-corrected chi connectivity index (χ4v) is 4.08. The van der Waals surface area contributed by atoms with E-state index in [1.54, 1.807) is 42.5 Å². The summed E-state index contributed by atoms with van der Waals surface area (Å²) in [6, 6.07) is 16.2. The SMILES string of the molecule is CN(CC(=O)Nc1ccc(-c2ccccc2S(C)(=O)=O)cc1F)C(=O)Nc1ccc(Cl)cc1. The number of nitrogens with zero attached hydrogens (tertiary/aromatic N) is 1. The van der Waals surface area contributed by atoms with Crippen LogP contribution in [0.3, 0.4) is 0 Å². The second-order valence-corrected chi connectivity index (χ2v) is 9.72. The summed E-state index contributed by atoms with van der Waals surface area (Å²) < 4.78 is 38.7. The highest BCUT2D eigenvalue weighted by Gasteiger charge is 2.17. The maximum Gasteiger partial charge on any atom is 0.322 e. The van der Waals surface area contributed by atoms with Crippen LogP contribution in [-0.4, -0.2) is 45.1 Å². The average molecular weight is 490 g/mol. The first kappa shape index (κ1) is 24.2. The molecule has 0 spiro atoms. The number of amides is 3. The molecule has 2 N–H and O–H groups in total. The van der Waals surface area contributed by atoms with Crippen LogP contribution in [0.15, 0.2) is 71.6 Å². The number of urea groups is 1. The van der Waals surface area contributed by atoms with Gasteiger partial charge in [0.1, 0.15) is 12.4 Å². The van der Waals surface area contributed by atoms with Gasteiger partial charge in [-0.05, 0) is 48.0 Å². The number of carbonyl (C=O) groups is 2. The highest BCUT2D eigenvalue weighted by Crippen LogP contribution is 2.29. The van der Waals surface area contributed by atoms with E-state index in [-0.39, 0.29) is 17.1 Å². The maximum absolute atomic E-state index is 14.7. The van der Waals surface area contributed by atoms with E-state index in [1.165, 1.54) is 25.2 Å². The van der Waals surface area contributed by atoms with Gasteiger partial charge in [0, 0.05) is 29.6 Å². The van der Waals surface area contributed by atoms with Gasteiger partial charge in [0.2, 0.25) is 5.91 Å². The quantitative estimate of drug-likeness (QED) is 0.526. The van der Waals surface area contributed by atoms with Crippen molar-refractivity contribution in [3.63, 3.8) is 0 Å². The molecule has 0 bridgehead atoms. The zero-order valence-corrected chi connectivity index (χ0v) is 19.4. The number of halogens is 2. The minimum absolute atomic E-state index is 0.0783.